The number of amides is 1. The average Bonchev–Trinajstić information content (AvgIpc) is 3.31. The van der Waals surface area contributed by atoms with Crippen LogP contribution in [-0.2, 0) is 22.6 Å². The Morgan fingerprint density at radius 1 is 1.50 bits per heavy atom. The number of aromatic nitrogens is 1. The molecule has 2 aromatic heterocycles. The Morgan fingerprint density at radius 3 is 2.96 bits per heavy atom. The fourth-order valence-corrected chi connectivity index (χ4v) is 3.05. The van der Waals surface area contributed by atoms with Gasteiger partial charge >= 0.3 is 0 Å². The molecule has 1 atom stereocenters. The molecule has 1 amide bonds. The maximum atomic E-state index is 11.9. The molecule has 2 heterocycles. The molecule has 0 aromatic carbocycles. The minimum absolute atomic E-state index is 0.0191. The van der Waals surface area contributed by atoms with Gasteiger partial charge in [0.1, 0.15) is 16.9 Å². The van der Waals surface area contributed by atoms with Crippen molar-refractivity contribution in [1.82, 2.24) is 20.5 Å². The molecule has 2 N–H and O–H groups in total. The summed E-state index contributed by atoms with van der Waals surface area (Å²) in [7, 11) is 5.24. The van der Waals surface area contributed by atoms with Gasteiger partial charge in [0.25, 0.3) is 0 Å². The van der Waals surface area contributed by atoms with Gasteiger partial charge < -0.3 is 24.7 Å². The van der Waals surface area contributed by atoms with Crippen LogP contribution in [0.3, 0.4) is 0 Å². The van der Waals surface area contributed by atoms with E-state index in [-0.39, 0.29) is 18.6 Å². The average molecular weight is 379 g/mol. The van der Waals surface area contributed by atoms with E-state index in [1.54, 1.807) is 37.8 Å². The number of methoxy groups -OCH3 is 1. The number of ether oxygens (including phenoxy) is 1. The van der Waals surface area contributed by atoms with Crippen LogP contribution in [0.1, 0.15) is 29.5 Å². The van der Waals surface area contributed by atoms with Gasteiger partial charge in [-0.1, -0.05) is 0 Å². The molecule has 0 saturated heterocycles. The smallest absolute Gasteiger partial charge is 0.239 e. The van der Waals surface area contributed by atoms with Gasteiger partial charge in [0.15, 0.2) is 5.96 Å². The molecule has 0 aliphatic heterocycles. The highest BCUT2D eigenvalue weighted by molar-refractivity contribution is 7.09. The standard InChI is InChI=1S/C17H25N5O3S/c1-12(24-4)16-21-13(11-26-16)10-22(3)17(18-2)20-9-15(23)19-8-14-6-5-7-25-14/h5-7,11-12H,8-10H2,1-4H3,(H,18,20)(H,19,23). The zero-order valence-electron chi connectivity index (χ0n) is 15.5. The van der Waals surface area contributed by atoms with Crippen molar-refractivity contribution in [2.75, 3.05) is 27.7 Å². The van der Waals surface area contributed by atoms with E-state index in [0.29, 0.717) is 24.8 Å². The lowest BCUT2D eigenvalue weighted by atomic mass is 10.4. The Balaban J connectivity index is 1.79. The monoisotopic (exact) mass is 379 g/mol. The molecule has 9 heteroatoms. The van der Waals surface area contributed by atoms with Gasteiger partial charge in [-0.15, -0.1) is 11.3 Å². The highest BCUT2D eigenvalue weighted by Crippen LogP contribution is 2.20. The largest absolute Gasteiger partial charge is 0.467 e. The third kappa shape index (κ3) is 5.85. The molecular formula is C17H25N5O3S. The minimum atomic E-state index is -0.138. The number of furan rings is 1. The molecule has 8 nitrogen and oxygen atoms in total. The van der Waals surface area contributed by atoms with Crippen molar-refractivity contribution in [3.8, 4) is 0 Å². The summed E-state index contributed by atoms with van der Waals surface area (Å²) in [5, 5.41) is 8.77. The fourth-order valence-electron chi connectivity index (χ4n) is 2.21. The lowest BCUT2D eigenvalue weighted by molar-refractivity contribution is -0.120. The molecule has 26 heavy (non-hydrogen) atoms. The van der Waals surface area contributed by atoms with Crippen molar-refractivity contribution in [2.45, 2.75) is 26.1 Å². The SMILES string of the molecule is CN=C(NCC(=O)NCc1ccco1)N(C)Cc1csc(C(C)OC)n1. The molecule has 0 aliphatic rings. The number of aliphatic imine (C=N–C) groups is 1. The van der Waals surface area contributed by atoms with Gasteiger partial charge in [0.2, 0.25) is 5.91 Å². The summed E-state index contributed by atoms with van der Waals surface area (Å²) in [6.45, 7) is 3.04. The van der Waals surface area contributed by atoms with E-state index in [9.17, 15) is 4.79 Å². The Morgan fingerprint density at radius 2 is 2.31 bits per heavy atom. The molecule has 0 bridgehead atoms. The van der Waals surface area contributed by atoms with Crippen molar-refractivity contribution < 1.29 is 13.9 Å². The first-order chi connectivity index (χ1) is 12.5. The Kier molecular flexibility index (Phi) is 7.61. The number of hydrogen-bond acceptors (Lipinski definition) is 6. The first-order valence-electron chi connectivity index (χ1n) is 8.21. The number of guanidine groups is 1. The predicted octanol–water partition coefficient (Wildman–Crippen LogP) is 1.77. The predicted molar refractivity (Wildman–Crippen MR) is 101 cm³/mol. The number of carbonyl (C=O) groups excluding carboxylic acids is 1. The van der Waals surface area contributed by atoms with Crippen LogP contribution in [0.4, 0.5) is 0 Å². The van der Waals surface area contributed by atoms with Crippen LogP contribution in [0.2, 0.25) is 0 Å². The van der Waals surface area contributed by atoms with Crippen LogP contribution in [0.25, 0.3) is 0 Å². The summed E-state index contributed by atoms with van der Waals surface area (Å²) in [5.74, 6) is 1.19. The third-order valence-corrected chi connectivity index (χ3v) is 4.74. The molecule has 0 radical (unpaired) electrons. The van der Waals surface area contributed by atoms with E-state index in [4.69, 9.17) is 9.15 Å². The van der Waals surface area contributed by atoms with E-state index in [0.717, 1.165) is 10.7 Å². The first-order valence-corrected chi connectivity index (χ1v) is 9.09. The first kappa shape index (κ1) is 19.9. The van der Waals surface area contributed by atoms with Crippen molar-refractivity contribution in [1.29, 1.82) is 0 Å². The van der Waals surface area contributed by atoms with Crippen molar-refractivity contribution in [2.24, 2.45) is 4.99 Å². The van der Waals surface area contributed by atoms with E-state index >= 15 is 0 Å². The molecule has 142 valence electrons. The lowest BCUT2D eigenvalue weighted by Crippen LogP contribution is -2.43. The van der Waals surface area contributed by atoms with Crippen LogP contribution in [0.5, 0.6) is 0 Å². The second kappa shape index (κ2) is 9.93. The van der Waals surface area contributed by atoms with Crippen LogP contribution >= 0.6 is 11.3 Å². The lowest BCUT2D eigenvalue weighted by Gasteiger charge is -2.21. The van der Waals surface area contributed by atoms with Crippen molar-refractivity contribution >= 4 is 23.2 Å². The summed E-state index contributed by atoms with van der Waals surface area (Å²) in [5.41, 5.74) is 0.932. The van der Waals surface area contributed by atoms with Crippen LogP contribution < -0.4 is 10.6 Å². The van der Waals surface area contributed by atoms with Gasteiger partial charge in [-0.2, -0.15) is 0 Å². The second-order valence-electron chi connectivity index (χ2n) is 5.67. The number of nitrogens with zero attached hydrogens (tertiary/aromatic N) is 3. The maximum Gasteiger partial charge on any atom is 0.239 e. The third-order valence-electron chi connectivity index (χ3n) is 3.69. The second-order valence-corrected chi connectivity index (χ2v) is 6.56. The molecule has 2 aromatic rings. The Labute approximate surface area is 157 Å². The van der Waals surface area contributed by atoms with Gasteiger partial charge in [-0.3, -0.25) is 9.79 Å². The summed E-state index contributed by atoms with van der Waals surface area (Å²) < 4.78 is 10.5. The van der Waals surface area contributed by atoms with E-state index in [1.165, 1.54) is 0 Å². The van der Waals surface area contributed by atoms with Crippen molar-refractivity contribution in [3.63, 3.8) is 0 Å². The van der Waals surface area contributed by atoms with Gasteiger partial charge in [-0.05, 0) is 19.1 Å². The van der Waals surface area contributed by atoms with E-state index in [1.807, 2.05) is 30.3 Å². The van der Waals surface area contributed by atoms with Gasteiger partial charge in [-0.25, -0.2) is 4.98 Å². The summed E-state index contributed by atoms with van der Waals surface area (Å²) in [6.07, 6.45) is 1.56. The summed E-state index contributed by atoms with van der Waals surface area (Å²) in [6, 6.07) is 3.60. The van der Waals surface area contributed by atoms with Crippen molar-refractivity contribution in [3.05, 3.63) is 40.2 Å². The van der Waals surface area contributed by atoms with Crippen LogP contribution in [0, 0.1) is 0 Å². The number of hydrogen-bond donors (Lipinski definition) is 2. The Hall–Kier alpha value is -2.39. The number of thiazole rings is 1. The van der Waals surface area contributed by atoms with Gasteiger partial charge in [0, 0.05) is 26.6 Å². The topological polar surface area (TPSA) is 92.0 Å². The minimum Gasteiger partial charge on any atom is -0.467 e. The summed E-state index contributed by atoms with van der Waals surface area (Å²) >= 11 is 1.57. The number of carbonyl (C=O) groups is 1. The molecule has 0 aliphatic carbocycles. The van der Waals surface area contributed by atoms with Crippen LogP contribution in [0.15, 0.2) is 33.2 Å². The molecule has 0 saturated carbocycles. The van der Waals surface area contributed by atoms with Gasteiger partial charge in [0.05, 0.1) is 31.6 Å². The Bertz CT molecular complexity index is 714. The molecule has 1 unspecified atom stereocenters. The van der Waals surface area contributed by atoms with Crippen LogP contribution in [-0.4, -0.2) is 49.5 Å². The normalized spacial score (nSPS) is 12.7. The quantitative estimate of drug-likeness (QED) is 0.536. The fraction of sp³-hybridized carbons (Fsp3) is 0.471. The van der Waals surface area contributed by atoms with E-state index in [2.05, 4.69) is 20.6 Å². The highest BCUT2D eigenvalue weighted by atomic mass is 32.1. The molecule has 0 spiro atoms. The zero-order chi connectivity index (χ0) is 18.9. The summed E-state index contributed by atoms with van der Waals surface area (Å²) in [4.78, 5) is 22.6. The zero-order valence-corrected chi connectivity index (χ0v) is 16.3. The molecular weight excluding hydrogens is 354 g/mol. The molecule has 0 fully saturated rings. The number of nitrogens with one attached hydrogen (secondary N) is 2. The van der Waals surface area contributed by atoms with E-state index < -0.39 is 0 Å². The molecule has 2 rings (SSSR count). The number of rotatable bonds is 8. The maximum absolute atomic E-state index is 11.9. The highest BCUT2D eigenvalue weighted by Gasteiger charge is 2.13.